The van der Waals surface area contributed by atoms with Gasteiger partial charge in [0.1, 0.15) is 11.6 Å². The summed E-state index contributed by atoms with van der Waals surface area (Å²) in [5, 5.41) is 0. The van der Waals surface area contributed by atoms with E-state index >= 15 is 0 Å². The van der Waals surface area contributed by atoms with Gasteiger partial charge >= 0.3 is 0 Å². The summed E-state index contributed by atoms with van der Waals surface area (Å²) in [7, 11) is 0. The van der Waals surface area contributed by atoms with Gasteiger partial charge in [-0.25, -0.2) is 8.78 Å². The van der Waals surface area contributed by atoms with Gasteiger partial charge in [0.05, 0.1) is 5.56 Å². The molecular weight excluding hydrogens is 234 g/mol. The zero-order chi connectivity index (χ0) is 12.7. The third kappa shape index (κ3) is 2.06. The average molecular weight is 250 g/mol. The summed E-state index contributed by atoms with van der Waals surface area (Å²) in [6, 6.07) is 3.10. The summed E-state index contributed by atoms with van der Waals surface area (Å²) < 4.78 is 26.5. The molecule has 1 aromatic carbocycles. The molecule has 1 nitrogen and oxygen atoms in total. The normalized spacial score (nSPS) is 29.8. The monoisotopic (exact) mass is 250 g/mol. The molecule has 2 fully saturated rings. The number of Topliss-reactive ketones (excluding diaryl/α,β-unsaturated/α-hetero) is 1. The third-order valence-electron chi connectivity index (χ3n) is 4.56. The number of carbonyl (C=O) groups is 1. The maximum atomic E-state index is 13.5. The second kappa shape index (κ2) is 4.45. The molecule has 2 aliphatic rings. The Morgan fingerprint density at radius 3 is 2.72 bits per heavy atom. The summed E-state index contributed by atoms with van der Waals surface area (Å²) >= 11 is 0. The molecule has 2 bridgehead atoms. The lowest BCUT2D eigenvalue weighted by atomic mass is 9.84. The largest absolute Gasteiger partial charge is 0.294 e. The zero-order valence-corrected chi connectivity index (χ0v) is 10.2. The predicted octanol–water partition coefficient (Wildman–Crippen LogP) is 3.97. The van der Waals surface area contributed by atoms with Crippen molar-refractivity contribution in [1.82, 2.24) is 0 Å². The summed E-state index contributed by atoms with van der Waals surface area (Å²) in [4.78, 5) is 12.0. The molecule has 96 valence electrons. The van der Waals surface area contributed by atoms with Crippen LogP contribution >= 0.6 is 0 Å². The van der Waals surface area contributed by atoms with Crippen LogP contribution in [0.3, 0.4) is 0 Å². The molecule has 1 aromatic rings. The molecule has 2 saturated carbocycles. The maximum Gasteiger partial charge on any atom is 0.166 e. The Morgan fingerprint density at radius 1 is 1.22 bits per heavy atom. The van der Waals surface area contributed by atoms with Crippen LogP contribution in [0.4, 0.5) is 8.78 Å². The van der Waals surface area contributed by atoms with Gasteiger partial charge in [-0.05, 0) is 55.2 Å². The summed E-state index contributed by atoms with van der Waals surface area (Å²) in [6.45, 7) is 0. The molecule has 18 heavy (non-hydrogen) atoms. The SMILES string of the molecule is O=C(CC1CC2CCC1C2)c1cc(F)ccc1F. The molecule has 0 N–H and O–H groups in total. The van der Waals surface area contributed by atoms with E-state index in [1.807, 2.05) is 0 Å². The van der Waals surface area contributed by atoms with E-state index in [0.29, 0.717) is 18.3 Å². The summed E-state index contributed by atoms with van der Waals surface area (Å²) in [5.41, 5.74) is -0.0854. The van der Waals surface area contributed by atoms with Gasteiger partial charge in [0.15, 0.2) is 5.78 Å². The number of rotatable bonds is 3. The van der Waals surface area contributed by atoms with E-state index in [2.05, 4.69) is 0 Å². The topological polar surface area (TPSA) is 17.1 Å². The van der Waals surface area contributed by atoms with Gasteiger partial charge in [0.25, 0.3) is 0 Å². The molecule has 0 spiro atoms. The lowest BCUT2D eigenvalue weighted by molar-refractivity contribution is 0.0940. The highest BCUT2D eigenvalue weighted by atomic mass is 19.1. The van der Waals surface area contributed by atoms with Crippen LogP contribution in [0.2, 0.25) is 0 Å². The van der Waals surface area contributed by atoms with E-state index < -0.39 is 11.6 Å². The lowest BCUT2D eigenvalue weighted by Gasteiger charge is -2.20. The van der Waals surface area contributed by atoms with Crippen LogP contribution in [0.15, 0.2) is 18.2 Å². The van der Waals surface area contributed by atoms with Crippen molar-refractivity contribution < 1.29 is 13.6 Å². The predicted molar refractivity (Wildman–Crippen MR) is 64.2 cm³/mol. The zero-order valence-electron chi connectivity index (χ0n) is 10.2. The highest BCUT2D eigenvalue weighted by Gasteiger charge is 2.40. The first-order valence-electron chi connectivity index (χ1n) is 6.61. The molecule has 2 aliphatic carbocycles. The molecule has 3 rings (SSSR count). The number of ketones is 1. The van der Waals surface area contributed by atoms with Crippen molar-refractivity contribution in [3.05, 3.63) is 35.4 Å². The Labute approximate surface area is 105 Å². The maximum absolute atomic E-state index is 13.5. The van der Waals surface area contributed by atoms with E-state index in [-0.39, 0.29) is 11.3 Å². The van der Waals surface area contributed by atoms with Crippen molar-refractivity contribution in [2.75, 3.05) is 0 Å². The van der Waals surface area contributed by atoms with E-state index in [4.69, 9.17) is 0 Å². The van der Waals surface area contributed by atoms with Crippen molar-refractivity contribution >= 4 is 5.78 Å². The van der Waals surface area contributed by atoms with E-state index in [1.54, 1.807) is 0 Å². The minimum absolute atomic E-state index is 0.0854. The van der Waals surface area contributed by atoms with Gasteiger partial charge in [-0.1, -0.05) is 6.42 Å². The Bertz CT molecular complexity index is 483. The molecule has 0 aromatic heterocycles. The van der Waals surface area contributed by atoms with Crippen molar-refractivity contribution in [1.29, 1.82) is 0 Å². The number of benzene rings is 1. The van der Waals surface area contributed by atoms with Crippen molar-refractivity contribution in [2.45, 2.75) is 32.1 Å². The van der Waals surface area contributed by atoms with Crippen LogP contribution in [0, 0.1) is 29.4 Å². The minimum atomic E-state index is -0.607. The molecule has 0 radical (unpaired) electrons. The number of hydrogen-bond acceptors (Lipinski definition) is 1. The summed E-state index contributed by atoms with van der Waals surface area (Å²) in [6.07, 6.45) is 5.18. The number of fused-ring (bicyclic) bond motifs is 2. The van der Waals surface area contributed by atoms with Crippen molar-refractivity contribution in [2.24, 2.45) is 17.8 Å². The fraction of sp³-hybridized carbons (Fsp3) is 0.533. The molecule has 3 atom stereocenters. The Kier molecular flexibility index (Phi) is 2.92. The van der Waals surface area contributed by atoms with E-state index in [0.717, 1.165) is 30.5 Å². The Morgan fingerprint density at radius 2 is 2.06 bits per heavy atom. The average Bonchev–Trinajstić information content (AvgIpc) is 2.94. The fourth-order valence-corrected chi connectivity index (χ4v) is 3.69. The van der Waals surface area contributed by atoms with Gasteiger partial charge in [-0.2, -0.15) is 0 Å². The molecular formula is C15H16F2O. The quantitative estimate of drug-likeness (QED) is 0.742. The molecule has 0 aliphatic heterocycles. The molecule has 3 heteroatoms. The minimum Gasteiger partial charge on any atom is -0.294 e. The first-order valence-corrected chi connectivity index (χ1v) is 6.61. The number of halogens is 2. The highest BCUT2D eigenvalue weighted by molar-refractivity contribution is 5.96. The van der Waals surface area contributed by atoms with Crippen LogP contribution in [-0.4, -0.2) is 5.78 Å². The first kappa shape index (κ1) is 11.8. The van der Waals surface area contributed by atoms with Crippen molar-refractivity contribution in [3.8, 4) is 0 Å². The van der Waals surface area contributed by atoms with Gasteiger partial charge in [0.2, 0.25) is 0 Å². The smallest absolute Gasteiger partial charge is 0.166 e. The third-order valence-corrected chi connectivity index (χ3v) is 4.56. The van der Waals surface area contributed by atoms with E-state index in [9.17, 15) is 13.6 Å². The van der Waals surface area contributed by atoms with Crippen LogP contribution in [0.1, 0.15) is 42.5 Å². The van der Waals surface area contributed by atoms with Crippen LogP contribution in [0.5, 0.6) is 0 Å². The number of hydrogen-bond donors (Lipinski definition) is 0. The van der Waals surface area contributed by atoms with Crippen LogP contribution in [0.25, 0.3) is 0 Å². The highest BCUT2D eigenvalue weighted by Crippen LogP contribution is 2.49. The van der Waals surface area contributed by atoms with Crippen LogP contribution < -0.4 is 0 Å². The Hall–Kier alpha value is -1.25. The van der Waals surface area contributed by atoms with Gasteiger partial charge < -0.3 is 0 Å². The van der Waals surface area contributed by atoms with Gasteiger partial charge in [-0.3, -0.25) is 4.79 Å². The van der Waals surface area contributed by atoms with E-state index in [1.165, 1.54) is 19.3 Å². The first-order chi connectivity index (χ1) is 8.63. The van der Waals surface area contributed by atoms with Gasteiger partial charge in [-0.15, -0.1) is 0 Å². The second-order valence-electron chi connectivity index (χ2n) is 5.69. The summed E-state index contributed by atoms with van der Waals surface area (Å²) in [5.74, 6) is 0.390. The van der Waals surface area contributed by atoms with Crippen LogP contribution in [-0.2, 0) is 0 Å². The fourth-order valence-electron chi connectivity index (χ4n) is 3.69. The van der Waals surface area contributed by atoms with Crippen molar-refractivity contribution in [3.63, 3.8) is 0 Å². The molecule has 0 amide bonds. The number of carbonyl (C=O) groups excluding carboxylic acids is 1. The standard InChI is InChI=1S/C15H16F2O/c16-12-3-4-14(17)13(8-12)15(18)7-11-6-9-1-2-10(11)5-9/h3-4,8-11H,1-2,5-7H2. The molecule has 0 heterocycles. The molecule has 0 saturated heterocycles. The second-order valence-corrected chi connectivity index (χ2v) is 5.69. The van der Waals surface area contributed by atoms with Gasteiger partial charge in [0, 0.05) is 6.42 Å². The Balaban J connectivity index is 1.73. The lowest BCUT2D eigenvalue weighted by Crippen LogP contribution is -2.16. The molecule has 3 unspecified atom stereocenters.